The zero-order chi connectivity index (χ0) is 7.78. The third-order valence-corrected chi connectivity index (χ3v) is 1.72. The largest absolute Gasteiger partial charge is 0.471 e. The van der Waals surface area contributed by atoms with Crippen molar-refractivity contribution < 1.29 is 4.42 Å². The molecule has 0 radical (unpaired) electrons. The van der Waals surface area contributed by atoms with E-state index in [4.69, 9.17) is 16.0 Å². The lowest BCUT2D eigenvalue weighted by molar-refractivity contribution is 0.537. The minimum Gasteiger partial charge on any atom is -0.471 e. The van der Waals surface area contributed by atoms with Gasteiger partial charge in [-0.25, -0.2) is 0 Å². The van der Waals surface area contributed by atoms with Crippen molar-refractivity contribution in [2.45, 2.75) is 26.2 Å². The molecule has 0 bridgehead atoms. The van der Waals surface area contributed by atoms with E-state index in [9.17, 15) is 0 Å². The van der Waals surface area contributed by atoms with E-state index in [-0.39, 0.29) is 5.41 Å². The zero-order valence-corrected chi connectivity index (χ0v) is 7.20. The second kappa shape index (κ2) is 2.31. The monoisotopic (exact) mass is 158 g/mol. The Morgan fingerprint density at radius 1 is 1.30 bits per heavy atom. The van der Waals surface area contributed by atoms with Crippen LogP contribution in [0.1, 0.15) is 26.3 Å². The Bertz CT molecular complexity index is 219. The molecule has 0 fully saturated rings. The van der Waals surface area contributed by atoms with Gasteiger partial charge in [0.05, 0.1) is 11.3 Å². The molecule has 0 amide bonds. The quantitative estimate of drug-likeness (QED) is 0.565. The molecule has 0 atom stereocenters. The van der Waals surface area contributed by atoms with Crippen LogP contribution in [0, 0.1) is 0 Å². The minimum atomic E-state index is 0.0874. The molecule has 0 unspecified atom stereocenters. The van der Waals surface area contributed by atoms with Gasteiger partial charge in [0.2, 0.25) is 0 Å². The van der Waals surface area contributed by atoms with Crippen LogP contribution in [0.15, 0.2) is 16.9 Å². The first-order valence-electron chi connectivity index (χ1n) is 3.24. The van der Waals surface area contributed by atoms with E-state index in [1.54, 1.807) is 12.5 Å². The van der Waals surface area contributed by atoms with E-state index >= 15 is 0 Å². The van der Waals surface area contributed by atoms with Crippen molar-refractivity contribution in [3.8, 4) is 0 Å². The Balaban J connectivity index is 3.05. The number of rotatable bonds is 0. The van der Waals surface area contributed by atoms with Crippen molar-refractivity contribution in [1.29, 1.82) is 0 Å². The van der Waals surface area contributed by atoms with E-state index in [0.29, 0.717) is 5.02 Å². The van der Waals surface area contributed by atoms with Gasteiger partial charge in [-0.15, -0.1) is 0 Å². The fraction of sp³-hybridized carbons (Fsp3) is 0.500. The Morgan fingerprint density at radius 3 is 2.10 bits per heavy atom. The summed E-state index contributed by atoms with van der Waals surface area (Å²) >= 11 is 5.83. The molecule has 1 aromatic rings. The van der Waals surface area contributed by atoms with Crippen molar-refractivity contribution in [2.24, 2.45) is 0 Å². The van der Waals surface area contributed by atoms with Gasteiger partial charge in [0.15, 0.2) is 0 Å². The summed E-state index contributed by atoms with van der Waals surface area (Å²) in [5, 5.41) is 0.715. The highest BCUT2D eigenvalue weighted by Crippen LogP contribution is 2.29. The van der Waals surface area contributed by atoms with Crippen LogP contribution in [0.5, 0.6) is 0 Å². The first kappa shape index (κ1) is 7.67. The molecule has 10 heavy (non-hydrogen) atoms. The highest BCUT2D eigenvalue weighted by Gasteiger charge is 2.18. The van der Waals surface area contributed by atoms with Gasteiger partial charge >= 0.3 is 0 Å². The number of halogens is 1. The second-order valence-electron chi connectivity index (χ2n) is 3.38. The predicted octanol–water partition coefficient (Wildman–Crippen LogP) is 3.23. The van der Waals surface area contributed by atoms with Crippen LogP contribution in [-0.2, 0) is 5.41 Å². The third-order valence-electron chi connectivity index (χ3n) is 1.42. The molecule has 0 saturated heterocycles. The molecule has 56 valence electrons. The highest BCUT2D eigenvalue weighted by molar-refractivity contribution is 6.31. The predicted molar refractivity (Wildman–Crippen MR) is 42.4 cm³/mol. The van der Waals surface area contributed by atoms with Gasteiger partial charge in [0.25, 0.3) is 0 Å². The second-order valence-corrected chi connectivity index (χ2v) is 3.79. The van der Waals surface area contributed by atoms with E-state index < -0.39 is 0 Å². The van der Waals surface area contributed by atoms with Crippen LogP contribution in [0.4, 0.5) is 0 Å². The summed E-state index contributed by atoms with van der Waals surface area (Å²) in [4.78, 5) is 0. The van der Waals surface area contributed by atoms with Crippen molar-refractivity contribution in [2.75, 3.05) is 0 Å². The first-order valence-corrected chi connectivity index (χ1v) is 3.62. The highest BCUT2D eigenvalue weighted by atomic mass is 35.5. The molecule has 0 N–H and O–H groups in total. The molecule has 0 aromatic carbocycles. The topological polar surface area (TPSA) is 13.1 Å². The third kappa shape index (κ3) is 1.35. The SMILES string of the molecule is CC(C)(C)c1cocc1Cl. The summed E-state index contributed by atoms with van der Waals surface area (Å²) in [6.07, 6.45) is 3.25. The van der Waals surface area contributed by atoms with Gasteiger partial charge in [-0.2, -0.15) is 0 Å². The number of hydrogen-bond acceptors (Lipinski definition) is 1. The van der Waals surface area contributed by atoms with Crippen molar-refractivity contribution in [3.63, 3.8) is 0 Å². The minimum absolute atomic E-state index is 0.0874. The molecule has 1 aromatic heterocycles. The van der Waals surface area contributed by atoms with E-state index in [1.165, 1.54) is 0 Å². The average molecular weight is 159 g/mol. The van der Waals surface area contributed by atoms with Gasteiger partial charge < -0.3 is 4.42 Å². The van der Waals surface area contributed by atoms with Crippen LogP contribution >= 0.6 is 11.6 Å². The zero-order valence-electron chi connectivity index (χ0n) is 6.44. The lowest BCUT2D eigenvalue weighted by atomic mass is 9.89. The molecule has 0 aliphatic heterocycles. The first-order chi connectivity index (χ1) is 4.52. The maximum Gasteiger partial charge on any atom is 0.109 e. The van der Waals surface area contributed by atoms with Crippen LogP contribution in [-0.4, -0.2) is 0 Å². The van der Waals surface area contributed by atoms with Crippen molar-refractivity contribution in [1.82, 2.24) is 0 Å². The van der Waals surface area contributed by atoms with Gasteiger partial charge in [-0.1, -0.05) is 32.4 Å². The lowest BCUT2D eigenvalue weighted by Gasteiger charge is -2.15. The molecular formula is C8H11ClO. The molecule has 0 aliphatic carbocycles. The van der Waals surface area contributed by atoms with Gasteiger partial charge in [-0.05, 0) is 5.41 Å². The summed E-state index contributed by atoms with van der Waals surface area (Å²) in [6, 6.07) is 0. The average Bonchev–Trinajstić information content (AvgIpc) is 2.11. The number of hydrogen-bond donors (Lipinski definition) is 0. The van der Waals surface area contributed by atoms with Crippen LogP contribution < -0.4 is 0 Å². The summed E-state index contributed by atoms with van der Waals surface area (Å²) < 4.78 is 4.94. The summed E-state index contributed by atoms with van der Waals surface area (Å²) in [5.74, 6) is 0. The van der Waals surface area contributed by atoms with E-state index in [0.717, 1.165) is 5.56 Å². The van der Waals surface area contributed by atoms with Crippen LogP contribution in [0.25, 0.3) is 0 Å². The van der Waals surface area contributed by atoms with Gasteiger partial charge in [0, 0.05) is 5.56 Å². The maximum absolute atomic E-state index is 5.83. The molecule has 0 spiro atoms. The summed E-state index contributed by atoms with van der Waals surface area (Å²) in [7, 11) is 0. The molecule has 1 nitrogen and oxygen atoms in total. The Hall–Kier alpha value is -0.430. The van der Waals surface area contributed by atoms with E-state index in [1.807, 2.05) is 0 Å². The fourth-order valence-corrected chi connectivity index (χ4v) is 1.20. The Labute approximate surface area is 66.0 Å². The van der Waals surface area contributed by atoms with E-state index in [2.05, 4.69) is 20.8 Å². The molecule has 1 heterocycles. The normalized spacial score (nSPS) is 12.0. The molecular weight excluding hydrogens is 148 g/mol. The molecule has 2 heteroatoms. The fourth-order valence-electron chi connectivity index (χ4n) is 0.817. The molecule has 0 saturated carbocycles. The summed E-state index contributed by atoms with van der Waals surface area (Å²) in [5.41, 5.74) is 1.15. The smallest absolute Gasteiger partial charge is 0.109 e. The Morgan fingerprint density at radius 2 is 1.90 bits per heavy atom. The standard InChI is InChI=1S/C8H11ClO/c1-8(2,3)6-4-10-5-7(6)9/h4-5H,1-3H3. The van der Waals surface area contributed by atoms with Gasteiger partial charge in [0.1, 0.15) is 6.26 Å². The van der Waals surface area contributed by atoms with Crippen LogP contribution in [0.2, 0.25) is 5.02 Å². The van der Waals surface area contributed by atoms with Crippen molar-refractivity contribution >= 4 is 11.6 Å². The maximum atomic E-state index is 5.83. The number of furan rings is 1. The van der Waals surface area contributed by atoms with Gasteiger partial charge in [-0.3, -0.25) is 0 Å². The molecule has 0 aliphatic rings. The lowest BCUT2D eigenvalue weighted by Crippen LogP contribution is -2.09. The van der Waals surface area contributed by atoms with Crippen molar-refractivity contribution in [3.05, 3.63) is 23.1 Å². The molecule has 1 rings (SSSR count). The Kier molecular flexibility index (Phi) is 1.78. The van der Waals surface area contributed by atoms with Crippen LogP contribution in [0.3, 0.4) is 0 Å². The summed E-state index contributed by atoms with van der Waals surface area (Å²) in [6.45, 7) is 6.30.